The lowest BCUT2D eigenvalue weighted by Gasteiger charge is -2.24. The van der Waals surface area contributed by atoms with Crippen LogP contribution < -0.4 is 10.6 Å². The highest BCUT2D eigenvalue weighted by molar-refractivity contribution is 6.04. The summed E-state index contributed by atoms with van der Waals surface area (Å²) in [5.74, 6) is 4.18. The average molecular weight is 661 g/mol. The maximum Gasteiger partial charge on any atom is 0.255 e. The van der Waals surface area contributed by atoms with Crippen molar-refractivity contribution in [2.75, 3.05) is 23.7 Å². The zero-order chi connectivity index (χ0) is 35.0. The molecule has 4 amide bonds. The van der Waals surface area contributed by atoms with E-state index in [-0.39, 0.29) is 23.6 Å². The molecule has 0 unspecified atom stereocenters. The van der Waals surface area contributed by atoms with Crippen molar-refractivity contribution in [3.63, 3.8) is 0 Å². The highest BCUT2D eigenvalue weighted by Crippen LogP contribution is 2.25. The molecular weight excluding hydrogens is 624 g/mol. The van der Waals surface area contributed by atoms with Gasteiger partial charge in [0, 0.05) is 35.6 Å². The van der Waals surface area contributed by atoms with Gasteiger partial charge in [0.2, 0.25) is 11.8 Å². The van der Waals surface area contributed by atoms with E-state index in [1.807, 2.05) is 60.7 Å². The molecule has 248 valence electrons. The van der Waals surface area contributed by atoms with Crippen LogP contribution >= 0.6 is 0 Å². The summed E-state index contributed by atoms with van der Waals surface area (Å²) in [6.07, 6.45) is 17.7. The molecule has 2 aliphatic rings. The predicted molar refractivity (Wildman–Crippen MR) is 196 cm³/mol. The molecule has 4 aromatic rings. The molecule has 2 saturated heterocycles. The number of rotatable bonds is 8. The summed E-state index contributed by atoms with van der Waals surface area (Å²) in [4.78, 5) is 56.1. The van der Waals surface area contributed by atoms with Crippen LogP contribution in [0.15, 0.2) is 97.1 Å². The molecule has 8 nitrogen and oxygen atoms in total. The Morgan fingerprint density at radius 2 is 0.960 bits per heavy atom. The van der Waals surface area contributed by atoms with Gasteiger partial charge in [-0.25, -0.2) is 0 Å². The third kappa shape index (κ3) is 7.36. The summed E-state index contributed by atoms with van der Waals surface area (Å²) < 4.78 is 0. The first-order valence-corrected chi connectivity index (χ1v) is 16.6. The molecule has 0 aromatic heterocycles. The summed E-state index contributed by atoms with van der Waals surface area (Å²) in [5.41, 5.74) is 5.02. The molecule has 0 radical (unpaired) electrons. The lowest BCUT2D eigenvalue weighted by molar-refractivity contribution is -0.120. The van der Waals surface area contributed by atoms with Gasteiger partial charge in [-0.2, -0.15) is 0 Å². The highest BCUT2D eigenvalue weighted by atomic mass is 16.2. The van der Waals surface area contributed by atoms with Crippen molar-refractivity contribution in [3.8, 4) is 24.7 Å². The Hall–Kier alpha value is -6.38. The van der Waals surface area contributed by atoms with Crippen molar-refractivity contribution in [2.45, 2.75) is 37.8 Å². The second-order valence-electron chi connectivity index (χ2n) is 12.2. The Balaban J connectivity index is 1.02. The molecule has 0 bridgehead atoms. The van der Waals surface area contributed by atoms with E-state index >= 15 is 0 Å². The van der Waals surface area contributed by atoms with Gasteiger partial charge in [-0.15, -0.1) is 12.8 Å². The molecule has 0 saturated carbocycles. The number of nitrogens with one attached hydrogen (secondary N) is 2. The van der Waals surface area contributed by atoms with Crippen LogP contribution in [0, 0.1) is 24.7 Å². The van der Waals surface area contributed by atoms with Crippen molar-refractivity contribution < 1.29 is 19.2 Å². The van der Waals surface area contributed by atoms with Gasteiger partial charge in [0.1, 0.15) is 12.1 Å². The molecular formula is C42H36N4O4. The van der Waals surface area contributed by atoms with Crippen LogP contribution in [0.4, 0.5) is 11.4 Å². The first-order valence-electron chi connectivity index (χ1n) is 16.6. The van der Waals surface area contributed by atoms with Gasteiger partial charge < -0.3 is 20.4 Å². The first-order chi connectivity index (χ1) is 24.4. The fourth-order valence-corrected chi connectivity index (χ4v) is 6.46. The molecule has 50 heavy (non-hydrogen) atoms. The smallest absolute Gasteiger partial charge is 0.255 e. The number of likely N-dealkylation sites (tertiary alicyclic amines) is 2. The lowest BCUT2D eigenvalue weighted by atomic mass is 10.1. The number of benzene rings is 4. The highest BCUT2D eigenvalue weighted by Gasteiger charge is 2.36. The van der Waals surface area contributed by atoms with E-state index in [1.165, 1.54) is 0 Å². The molecule has 6 rings (SSSR count). The summed E-state index contributed by atoms with van der Waals surface area (Å²) >= 11 is 0. The van der Waals surface area contributed by atoms with E-state index in [2.05, 4.69) is 22.5 Å². The molecule has 2 heterocycles. The number of terminal acetylenes is 2. The quantitative estimate of drug-likeness (QED) is 0.171. The average Bonchev–Trinajstić information content (AvgIpc) is 3.86. The minimum Gasteiger partial charge on any atom is -0.327 e. The maximum atomic E-state index is 13.3. The van der Waals surface area contributed by atoms with Crippen LogP contribution in [-0.2, 0) is 9.59 Å². The lowest BCUT2D eigenvalue weighted by Crippen LogP contribution is -2.43. The second-order valence-corrected chi connectivity index (χ2v) is 12.2. The fourth-order valence-electron chi connectivity index (χ4n) is 6.46. The van der Waals surface area contributed by atoms with Crippen LogP contribution in [0.3, 0.4) is 0 Å². The van der Waals surface area contributed by atoms with Crippen LogP contribution in [0.5, 0.6) is 0 Å². The zero-order valence-electron chi connectivity index (χ0n) is 27.5. The number of hydrogen-bond acceptors (Lipinski definition) is 4. The maximum absolute atomic E-state index is 13.3. The van der Waals surface area contributed by atoms with Gasteiger partial charge in [0.15, 0.2) is 0 Å². The van der Waals surface area contributed by atoms with Gasteiger partial charge >= 0.3 is 0 Å². The molecule has 2 aliphatic heterocycles. The number of anilines is 2. The number of nitrogens with zero attached hydrogens (tertiary/aromatic N) is 2. The molecule has 2 fully saturated rings. The van der Waals surface area contributed by atoms with Gasteiger partial charge in [-0.1, -0.05) is 72.5 Å². The summed E-state index contributed by atoms with van der Waals surface area (Å²) in [6, 6.07) is 27.7. The Kier molecular flexibility index (Phi) is 10.2. The summed E-state index contributed by atoms with van der Waals surface area (Å²) in [7, 11) is 0. The summed E-state index contributed by atoms with van der Waals surface area (Å²) in [5, 5.41) is 5.91. The minimum absolute atomic E-state index is 0.231. The van der Waals surface area contributed by atoms with Gasteiger partial charge in [-0.05, 0) is 85.3 Å². The van der Waals surface area contributed by atoms with Crippen molar-refractivity contribution in [3.05, 3.63) is 130 Å². The fraction of sp³-hybridized carbons (Fsp3) is 0.190. The Labute approximate surface area is 292 Å². The van der Waals surface area contributed by atoms with Crippen LogP contribution in [0.25, 0.3) is 12.2 Å². The van der Waals surface area contributed by atoms with E-state index in [0.717, 1.165) is 24.0 Å². The van der Waals surface area contributed by atoms with Crippen LogP contribution in [0.1, 0.15) is 68.7 Å². The predicted octanol–water partition coefficient (Wildman–Crippen LogP) is 6.31. The molecule has 0 aliphatic carbocycles. The third-order valence-electron chi connectivity index (χ3n) is 9.08. The van der Waals surface area contributed by atoms with Crippen molar-refractivity contribution >= 4 is 47.2 Å². The second kappa shape index (κ2) is 15.2. The van der Waals surface area contributed by atoms with Gasteiger partial charge in [0.05, 0.1) is 11.1 Å². The Bertz CT molecular complexity index is 1890. The van der Waals surface area contributed by atoms with E-state index in [9.17, 15) is 19.2 Å². The molecule has 8 heteroatoms. The third-order valence-corrected chi connectivity index (χ3v) is 9.08. The number of carbonyl (C=O) groups is 4. The van der Waals surface area contributed by atoms with Crippen LogP contribution in [-0.4, -0.2) is 58.6 Å². The van der Waals surface area contributed by atoms with Crippen molar-refractivity contribution in [2.24, 2.45) is 0 Å². The molecule has 2 N–H and O–H groups in total. The number of carbonyl (C=O) groups excluding carboxylic acids is 4. The van der Waals surface area contributed by atoms with Crippen LogP contribution in [0.2, 0.25) is 0 Å². The summed E-state index contributed by atoms with van der Waals surface area (Å²) in [6.45, 7) is 0.992. The van der Waals surface area contributed by atoms with E-state index in [1.54, 1.807) is 58.3 Å². The first kappa shape index (κ1) is 33.5. The molecule has 4 aromatic carbocycles. The Morgan fingerprint density at radius 1 is 0.580 bits per heavy atom. The van der Waals surface area contributed by atoms with Crippen molar-refractivity contribution in [1.82, 2.24) is 9.80 Å². The minimum atomic E-state index is -0.573. The van der Waals surface area contributed by atoms with E-state index < -0.39 is 12.1 Å². The normalized spacial score (nSPS) is 16.8. The monoisotopic (exact) mass is 660 g/mol. The van der Waals surface area contributed by atoms with E-state index in [4.69, 9.17) is 12.8 Å². The Morgan fingerprint density at radius 3 is 1.34 bits per heavy atom. The topological polar surface area (TPSA) is 98.8 Å². The zero-order valence-corrected chi connectivity index (χ0v) is 27.5. The largest absolute Gasteiger partial charge is 0.327 e. The standard InChI is InChI=1S/C42H36N4O4/c1-3-31-11-5-7-13-35(31)41(49)45-27-9-15-37(45)39(47)43-33-23-19-29(20-24-33)17-18-30-21-25-34(26-22-30)44-40(48)38-16-10-28-46(38)42(50)36-14-8-6-12-32(36)4-2/h1-2,5-8,11-14,17-26,37-38H,9-10,15-16,27-28H2,(H,43,47)(H,44,48)/b18-17+/t37-,38-/m0/s1. The van der Waals surface area contributed by atoms with Crippen molar-refractivity contribution in [1.29, 1.82) is 0 Å². The molecule has 2 atom stereocenters. The number of hydrogen-bond donors (Lipinski definition) is 2. The van der Waals surface area contributed by atoms with Gasteiger partial charge in [0.25, 0.3) is 11.8 Å². The van der Waals surface area contributed by atoms with E-state index in [0.29, 0.717) is 59.6 Å². The molecule has 0 spiro atoms. The number of amides is 4. The van der Waals surface area contributed by atoms with Gasteiger partial charge in [-0.3, -0.25) is 19.2 Å². The SMILES string of the molecule is C#Cc1ccccc1C(=O)N1CCC[C@H]1C(=O)Nc1ccc(/C=C/c2ccc(NC(=O)[C@@H]3CCCN3C(=O)c3ccccc3C#C)cc2)cc1.